The summed E-state index contributed by atoms with van der Waals surface area (Å²) in [4.78, 5) is 13.1. The largest absolute Gasteiger partial charge is 0.462 e. The Bertz CT molecular complexity index is 648. The van der Waals surface area contributed by atoms with E-state index in [4.69, 9.17) is 4.74 Å². The molecule has 21 heavy (non-hydrogen) atoms. The molecule has 0 spiro atoms. The second-order valence-electron chi connectivity index (χ2n) is 4.49. The Hall–Kier alpha value is -2.14. The van der Waals surface area contributed by atoms with E-state index < -0.39 is 0 Å². The SMILES string of the molecule is CCOC(=O)c1c(N/N=C\c2ccccc2)sc(C)c1C. The molecule has 110 valence electrons. The van der Waals surface area contributed by atoms with Crippen LogP contribution in [-0.2, 0) is 4.74 Å². The fourth-order valence-electron chi connectivity index (χ4n) is 1.86. The molecule has 1 aromatic heterocycles. The van der Waals surface area contributed by atoms with Crippen LogP contribution in [0.3, 0.4) is 0 Å². The van der Waals surface area contributed by atoms with Crippen LogP contribution in [-0.4, -0.2) is 18.8 Å². The first kappa shape index (κ1) is 15.3. The molecule has 0 aliphatic rings. The number of carbonyl (C=O) groups is 1. The Kier molecular flexibility index (Phi) is 5.11. The van der Waals surface area contributed by atoms with Gasteiger partial charge in [-0.05, 0) is 31.9 Å². The number of nitrogens with zero attached hydrogens (tertiary/aromatic N) is 1. The van der Waals surface area contributed by atoms with Crippen molar-refractivity contribution in [1.29, 1.82) is 0 Å². The zero-order valence-electron chi connectivity index (χ0n) is 12.3. The van der Waals surface area contributed by atoms with Crippen LogP contribution < -0.4 is 5.43 Å². The van der Waals surface area contributed by atoms with Crippen LogP contribution in [0.1, 0.15) is 33.3 Å². The maximum Gasteiger partial charge on any atom is 0.341 e. The molecular formula is C16H18N2O2S. The molecule has 0 aliphatic heterocycles. The number of nitrogens with one attached hydrogen (secondary N) is 1. The lowest BCUT2D eigenvalue weighted by atomic mass is 10.1. The van der Waals surface area contributed by atoms with Gasteiger partial charge in [0.2, 0.25) is 0 Å². The second-order valence-corrected chi connectivity index (χ2v) is 5.71. The van der Waals surface area contributed by atoms with Crippen molar-refractivity contribution in [2.45, 2.75) is 20.8 Å². The van der Waals surface area contributed by atoms with E-state index in [1.165, 1.54) is 11.3 Å². The van der Waals surface area contributed by atoms with E-state index in [1.54, 1.807) is 13.1 Å². The number of esters is 1. The maximum atomic E-state index is 12.0. The first-order chi connectivity index (χ1) is 10.1. The number of aryl methyl sites for hydroxylation is 1. The number of thiophene rings is 1. The first-order valence-corrected chi connectivity index (χ1v) is 7.56. The van der Waals surface area contributed by atoms with Gasteiger partial charge in [-0.15, -0.1) is 11.3 Å². The average Bonchev–Trinajstić information content (AvgIpc) is 2.75. The van der Waals surface area contributed by atoms with Crippen LogP contribution in [0.25, 0.3) is 0 Å². The van der Waals surface area contributed by atoms with E-state index in [2.05, 4.69) is 10.5 Å². The van der Waals surface area contributed by atoms with Crippen molar-refractivity contribution in [3.8, 4) is 0 Å². The van der Waals surface area contributed by atoms with Gasteiger partial charge in [0, 0.05) is 4.88 Å². The second kappa shape index (κ2) is 7.04. The number of carbonyl (C=O) groups excluding carboxylic acids is 1. The van der Waals surface area contributed by atoms with Gasteiger partial charge in [0.15, 0.2) is 0 Å². The highest BCUT2D eigenvalue weighted by atomic mass is 32.1. The van der Waals surface area contributed by atoms with E-state index >= 15 is 0 Å². The van der Waals surface area contributed by atoms with E-state index in [1.807, 2.05) is 44.2 Å². The number of hydrazone groups is 1. The van der Waals surface area contributed by atoms with E-state index in [9.17, 15) is 4.79 Å². The third-order valence-corrected chi connectivity index (χ3v) is 4.16. The standard InChI is InChI=1S/C16H18N2O2S/c1-4-20-16(19)14-11(2)12(3)21-15(14)18-17-10-13-8-6-5-7-9-13/h5-10,18H,4H2,1-3H3/b17-10-. The van der Waals surface area contributed by atoms with Gasteiger partial charge < -0.3 is 4.74 Å². The molecule has 5 heteroatoms. The molecule has 4 nitrogen and oxygen atoms in total. The summed E-state index contributed by atoms with van der Waals surface area (Å²) in [7, 11) is 0. The van der Waals surface area contributed by atoms with Gasteiger partial charge >= 0.3 is 5.97 Å². The summed E-state index contributed by atoms with van der Waals surface area (Å²) in [6.45, 7) is 6.06. The lowest BCUT2D eigenvalue weighted by molar-refractivity contribution is 0.0527. The van der Waals surface area contributed by atoms with Crippen molar-refractivity contribution >= 4 is 28.5 Å². The van der Waals surface area contributed by atoms with Gasteiger partial charge in [-0.2, -0.15) is 5.10 Å². The van der Waals surface area contributed by atoms with Gasteiger partial charge in [0.05, 0.1) is 18.4 Å². The Morgan fingerprint density at radius 1 is 1.33 bits per heavy atom. The summed E-state index contributed by atoms with van der Waals surface area (Å²) in [5.74, 6) is -0.309. The molecule has 2 rings (SSSR count). The number of rotatable bonds is 5. The molecule has 0 atom stereocenters. The summed E-state index contributed by atoms with van der Waals surface area (Å²) in [6.07, 6.45) is 1.72. The molecule has 0 saturated carbocycles. The molecule has 0 amide bonds. The minimum atomic E-state index is -0.309. The van der Waals surface area contributed by atoms with Gasteiger partial charge in [0.1, 0.15) is 5.00 Å². The minimum Gasteiger partial charge on any atom is -0.462 e. The van der Waals surface area contributed by atoms with Crippen molar-refractivity contribution in [2.75, 3.05) is 12.0 Å². The molecule has 1 N–H and O–H groups in total. The van der Waals surface area contributed by atoms with Gasteiger partial charge in [0.25, 0.3) is 0 Å². The van der Waals surface area contributed by atoms with Crippen LogP contribution in [0, 0.1) is 13.8 Å². The molecule has 2 aromatic rings. The van der Waals surface area contributed by atoms with Gasteiger partial charge in [-0.25, -0.2) is 4.79 Å². The van der Waals surface area contributed by atoms with Crippen LogP contribution in [0.15, 0.2) is 35.4 Å². The average molecular weight is 302 g/mol. The van der Waals surface area contributed by atoms with Gasteiger partial charge in [-0.1, -0.05) is 30.3 Å². The van der Waals surface area contributed by atoms with Crippen LogP contribution >= 0.6 is 11.3 Å². The molecule has 0 aliphatic carbocycles. The number of ether oxygens (including phenoxy) is 1. The zero-order chi connectivity index (χ0) is 15.2. The smallest absolute Gasteiger partial charge is 0.341 e. The molecular weight excluding hydrogens is 284 g/mol. The van der Waals surface area contributed by atoms with Crippen molar-refractivity contribution in [2.24, 2.45) is 5.10 Å². The highest BCUT2D eigenvalue weighted by Crippen LogP contribution is 2.32. The quantitative estimate of drug-likeness (QED) is 0.516. The first-order valence-electron chi connectivity index (χ1n) is 6.74. The summed E-state index contributed by atoms with van der Waals surface area (Å²) in [5.41, 5.74) is 5.46. The van der Waals surface area contributed by atoms with Crippen LogP contribution in [0.4, 0.5) is 5.00 Å². The zero-order valence-corrected chi connectivity index (χ0v) is 13.2. The highest BCUT2D eigenvalue weighted by molar-refractivity contribution is 7.16. The van der Waals surface area contributed by atoms with E-state index in [0.717, 1.165) is 21.0 Å². The number of benzene rings is 1. The number of anilines is 1. The fraction of sp³-hybridized carbons (Fsp3) is 0.250. The topological polar surface area (TPSA) is 50.7 Å². The van der Waals surface area contributed by atoms with Crippen molar-refractivity contribution in [3.05, 3.63) is 51.9 Å². The summed E-state index contributed by atoms with van der Waals surface area (Å²) in [5, 5.41) is 4.92. The molecule has 0 bridgehead atoms. The molecule has 0 saturated heterocycles. The normalized spacial score (nSPS) is 10.8. The predicted octanol–water partition coefficient (Wildman–Crippen LogP) is 3.99. The van der Waals surface area contributed by atoms with Crippen molar-refractivity contribution < 1.29 is 9.53 Å². The maximum absolute atomic E-state index is 12.0. The lowest BCUT2D eigenvalue weighted by Crippen LogP contribution is -2.07. The third-order valence-electron chi connectivity index (χ3n) is 3.04. The lowest BCUT2D eigenvalue weighted by Gasteiger charge is -2.04. The number of hydrogen-bond donors (Lipinski definition) is 1. The summed E-state index contributed by atoms with van der Waals surface area (Å²) < 4.78 is 5.10. The summed E-state index contributed by atoms with van der Waals surface area (Å²) in [6, 6.07) is 9.77. The molecule has 0 fully saturated rings. The van der Waals surface area contributed by atoms with Gasteiger partial charge in [-0.3, -0.25) is 5.43 Å². The summed E-state index contributed by atoms with van der Waals surface area (Å²) >= 11 is 1.50. The Morgan fingerprint density at radius 2 is 2.05 bits per heavy atom. The van der Waals surface area contributed by atoms with Crippen molar-refractivity contribution in [1.82, 2.24) is 0 Å². The Morgan fingerprint density at radius 3 is 2.71 bits per heavy atom. The predicted molar refractivity (Wildman–Crippen MR) is 87.4 cm³/mol. The van der Waals surface area contributed by atoms with Crippen molar-refractivity contribution in [3.63, 3.8) is 0 Å². The Labute approximate surface area is 128 Å². The van der Waals surface area contributed by atoms with Crippen LogP contribution in [0.2, 0.25) is 0 Å². The van der Waals surface area contributed by atoms with E-state index in [-0.39, 0.29) is 5.97 Å². The minimum absolute atomic E-state index is 0.309. The molecule has 1 aromatic carbocycles. The molecule has 0 radical (unpaired) electrons. The monoisotopic (exact) mass is 302 g/mol. The fourth-order valence-corrected chi connectivity index (χ4v) is 2.86. The van der Waals surface area contributed by atoms with E-state index in [0.29, 0.717) is 12.2 Å². The Balaban J connectivity index is 2.18. The molecule has 0 unspecified atom stereocenters. The van der Waals surface area contributed by atoms with Crippen LogP contribution in [0.5, 0.6) is 0 Å². The molecule has 1 heterocycles. The third kappa shape index (κ3) is 3.70. The number of hydrogen-bond acceptors (Lipinski definition) is 5. The highest BCUT2D eigenvalue weighted by Gasteiger charge is 2.20.